The summed E-state index contributed by atoms with van der Waals surface area (Å²) in [6.45, 7) is 2.00. The highest BCUT2D eigenvalue weighted by Gasteiger charge is 2.18. The minimum atomic E-state index is 0.457. The lowest BCUT2D eigenvalue weighted by Crippen LogP contribution is -2.02. The Kier molecular flexibility index (Phi) is 3.64. The summed E-state index contributed by atoms with van der Waals surface area (Å²) >= 11 is 13.5. The molecule has 2 aromatic heterocycles. The lowest BCUT2D eigenvalue weighted by atomic mass is 10.2. The first-order chi connectivity index (χ1) is 10.0. The predicted octanol–water partition coefficient (Wildman–Crippen LogP) is 3.62. The number of nitrogen functional groups attached to an aromatic ring is 1. The summed E-state index contributed by atoms with van der Waals surface area (Å²) in [6, 6.07) is 1.64. The molecule has 21 heavy (non-hydrogen) atoms. The fraction of sp³-hybridized carbons (Fsp3) is 0.250. The number of benzene rings is 1. The molecule has 0 aliphatic carbocycles. The molecule has 3 aromatic rings. The molecule has 0 unspecified atom stereocenters. The normalized spacial score (nSPS) is 11.2. The van der Waals surface area contributed by atoms with Crippen molar-refractivity contribution < 1.29 is 0 Å². The van der Waals surface area contributed by atoms with Gasteiger partial charge in [0.05, 0.1) is 38.8 Å². The molecule has 0 bridgehead atoms. The van der Waals surface area contributed by atoms with Gasteiger partial charge in [0.25, 0.3) is 0 Å². The first kappa shape index (κ1) is 14.4. The third kappa shape index (κ3) is 2.31. The van der Waals surface area contributed by atoms with Crippen LogP contribution in [0, 0.1) is 0 Å². The molecule has 0 aliphatic heterocycles. The number of nitrogens with zero attached hydrogens (tertiary/aromatic N) is 4. The van der Waals surface area contributed by atoms with Crippen molar-refractivity contribution >= 4 is 63.2 Å². The minimum absolute atomic E-state index is 0.457. The zero-order chi connectivity index (χ0) is 15.1. The van der Waals surface area contributed by atoms with E-state index in [-0.39, 0.29) is 0 Å². The number of hydrogen-bond acceptors (Lipinski definition) is 6. The van der Waals surface area contributed by atoms with Crippen molar-refractivity contribution in [3.63, 3.8) is 0 Å². The number of aryl methyl sites for hydroxylation is 2. The number of anilines is 3. The van der Waals surface area contributed by atoms with Gasteiger partial charge in [-0.25, -0.2) is 0 Å². The Morgan fingerprint density at radius 1 is 1.29 bits per heavy atom. The van der Waals surface area contributed by atoms with Crippen LogP contribution < -0.4 is 11.1 Å². The molecule has 0 aliphatic rings. The smallest absolute Gasteiger partial charge is 0.152 e. The standard InChI is InChI=1S/C12H12Cl2N6S/c1-3-7-8(15)12(20(2)17-7)16-9-5(13)4-6(14)10-11(9)19-21-18-10/h4,16H,3,15H2,1-2H3. The number of rotatable bonds is 3. The van der Waals surface area contributed by atoms with Crippen LogP contribution in [0.1, 0.15) is 12.6 Å². The molecule has 3 N–H and O–H groups in total. The van der Waals surface area contributed by atoms with Crippen LogP contribution in [0.3, 0.4) is 0 Å². The van der Waals surface area contributed by atoms with Crippen molar-refractivity contribution in [1.82, 2.24) is 18.5 Å². The molecule has 0 amide bonds. The van der Waals surface area contributed by atoms with Crippen LogP contribution in [-0.4, -0.2) is 18.5 Å². The number of aromatic nitrogens is 4. The number of halogens is 2. The van der Waals surface area contributed by atoms with Crippen LogP contribution in [0.15, 0.2) is 6.07 Å². The molecule has 110 valence electrons. The van der Waals surface area contributed by atoms with Gasteiger partial charge in [0.2, 0.25) is 0 Å². The van der Waals surface area contributed by atoms with Crippen molar-refractivity contribution in [2.24, 2.45) is 7.05 Å². The molecular formula is C12H12Cl2N6S. The molecule has 3 rings (SSSR count). The van der Waals surface area contributed by atoms with Crippen molar-refractivity contribution in [2.75, 3.05) is 11.1 Å². The molecule has 0 saturated heterocycles. The van der Waals surface area contributed by atoms with Crippen LogP contribution in [0.4, 0.5) is 17.2 Å². The van der Waals surface area contributed by atoms with E-state index in [4.69, 9.17) is 28.9 Å². The number of nitrogens with one attached hydrogen (secondary N) is 1. The minimum Gasteiger partial charge on any atom is -0.394 e. The van der Waals surface area contributed by atoms with E-state index in [2.05, 4.69) is 19.2 Å². The van der Waals surface area contributed by atoms with E-state index in [1.807, 2.05) is 14.0 Å². The summed E-state index contributed by atoms with van der Waals surface area (Å²) in [5.74, 6) is 0.672. The first-order valence-electron chi connectivity index (χ1n) is 6.21. The van der Waals surface area contributed by atoms with Crippen LogP contribution in [0.5, 0.6) is 0 Å². The zero-order valence-electron chi connectivity index (χ0n) is 11.3. The van der Waals surface area contributed by atoms with Crippen LogP contribution in [0.2, 0.25) is 10.0 Å². The van der Waals surface area contributed by atoms with Crippen LogP contribution in [0.25, 0.3) is 11.0 Å². The average Bonchev–Trinajstić information content (AvgIpc) is 3.02. The number of nitrogens with two attached hydrogens (primary N) is 1. The van der Waals surface area contributed by atoms with Gasteiger partial charge in [0, 0.05) is 7.05 Å². The molecule has 0 atom stereocenters. The van der Waals surface area contributed by atoms with Gasteiger partial charge in [0.1, 0.15) is 11.0 Å². The van der Waals surface area contributed by atoms with Gasteiger partial charge in [-0.15, -0.1) is 0 Å². The van der Waals surface area contributed by atoms with Crippen LogP contribution >= 0.6 is 34.9 Å². The third-order valence-corrected chi connectivity index (χ3v) is 4.30. The highest BCUT2D eigenvalue weighted by atomic mass is 35.5. The molecule has 0 radical (unpaired) electrons. The molecule has 9 heteroatoms. The first-order valence-corrected chi connectivity index (χ1v) is 7.70. The zero-order valence-corrected chi connectivity index (χ0v) is 13.6. The van der Waals surface area contributed by atoms with Crippen LogP contribution in [-0.2, 0) is 13.5 Å². The molecule has 0 fully saturated rings. The van der Waals surface area contributed by atoms with E-state index >= 15 is 0 Å². The molecule has 2 heterocycles. The van der Waals surface area contributed by atoms with Crippen molar-refractivity contribution in [1.29, 1.82) is 0 Å². The van der Waals surface area contributed by atoms with E-state index in [9.17, 15) is 0 Å². The third-order valence-electron chi connectivity index (χ3n) is 3.18. The molecule has 1 aromatic carbocycles. The Hall–Kier alpha value is -1.57. The summed E-state index contributed by atoms with van der Waals surface area (Å²) in [5.41, 5.74) is 9.41. The van der Waals surface area contributed by atoms with Crippen molar-refractivity contribution in [3.8, 4) is 0 Å². The van der Waals surface area contributed by atoms with Crippen molar-refractivity contribution in [3.05, 3.63) is 21.8 Å². The Morgan fingerprint density at radius 3 is 2.67 bits per heavy atom. The van der Waals surface area contributed by atoms with E-state index in [0.717, 1.165) is 23.8 Å². The Morgan fingerprint density at radius 2 is 2.00 bits per heavy atom. The van der Waals surface area contributed by atoms with Gasteiger partial charge in [-0.3, -0.25) is 4.68 Å². The lowest BCUT2D eigenvalue weighted by Gasteiger charge is -2.10. The molecule has 0 saturated carbocycles. The number of hydrogen-bond donors (Lipinski definition) is 2. The molecular weight excluding hydrogens is 331 g/mol. The second-order valence-corrected chi connectivity index (χ2v) is 5.83. The second kappa shape index (κ2) is 5.32. The summed E-state index contributed by atoms with van der Waals surface area (Å²) in [5, 5.41) is 8.51. The van der Waals surface area contributed by atoms with E-state index in [0.29, 0.717) is 38.3 Å². The van der Waals surface area contributed by atoms with E-state index in [1.165, 1.54) is 0 Å². The van der Waals surface area contributed by atoms with Crippen molar-refractivity contribution in [2.45, 2.75) is 13.3 Å². The van der Waals surface area contributed by atoms with Gasteiger partial charge < -0.3 is 11.1 Å². The lowest BCUT2D eigenvalue weighted by molar-refractivity contribution is 0.754. The maximum atomic E-state index is 6.28. The number of fused-ring (bicyclic) bond motifs is 1. The topological polar surface area (TPSA) is 81.7 Å². The van der Waals surface area contributed by atoms with E-state index < -0.39 is 0 Å². The molecule has 0 spiro atoms. The Bertz CT molecular complexity index is 825. The van der Waals surface area contributed by atoms with Gasteiger partial charge in [-0.1, -0.05) is 30.1 Å². The van der Waals surface area contributed by atoms with E-state index in [1.54, 1.807) is 10.7 Å². The quantitative estimate of drug-likeness (QED) is 0.759. The van der Waals surface area contributed by atoms with Gasteiger partial charge >= 0.3 is 0 Å². The monoisotopic (exact) mass is 342 g/mol. The fourth-order valence-corrected chi connectivity index (χ4v) is 3.28. The summed E-state index contributed by atoms with van der Waals surface area (Å²) in [6.07, 6.45) is 0.753. The predicted molar refractivity (Wildman–Crippen MR) is 87.7 cm³/mol. The SMILES string of the molecule is CCc1nn(C)c(Nc2c(Cl)cc(Cl)c3nsnc23)c1N. The average molecular weight is 343 g/mol. The summed E-state index contributed by atoms with van der Waals surface area (Å²) in [7, 11) is 1.82. The largest absolute Gasteiger partial charge is 0.394 e. The Labute approximate surface area is 135 Å². The maximum Gasteiger partial charge on any atom is 0.152 e. The van der Waals surface area contributed by atoms with Gasteiger partial charge in [-0.2, -0.15) is 13.8 Å². The van der Waals surface area contributed by atoms with Gasteiger partial charge in [0.15, 0.2) is 5.82 Å². The summed E-state index contributed by atoms with van der Waals surface area (Å²) in [4.78, 5) is 0. The highest BCUT2D eigenvalue weighted by Crippen LogP contribution is 2.38. The molecule has 6 nitrogen and oxygen atoms in total. The fourth-order valence-electron chi connectivity index (χ4n) is 2.12. The Balaban J connectivity index is 2.15. The van der Waals surface area contributed by atoms with Gasteiger partial charge in [-0.05, 0) is 12.5 Å². The highest BCUT2D eigenvalue weighted by molar-refractivity contribution is 7.00. The maximum absolute atomic E-state index is 6.28. The summed E-state index contributed by atoms with van der Waals surface area (Å²) < 4.78 is 10.1. The second-order valence-electron chi connectivity index (χ2n) is 4.49.